The smallest absolute Gasteiger partial charge is 0.276 e. The van der Waals surface area contributed by atoms with Crippen molar-refractivity contribution in [3.8, 4) is 11.3 Å². The van der Waals surface area contributed by atoms with E-state index in [2.05, 4.69) is 20.2 Å². The van der Waals surface area contributed by atoms with Crippen LogP contribution < -0.4 is 10.2 Å². The maximum Gasteiger partial charge on any atom is 0.276 e. The van der Waals surface area contributed by atoms with Crippen molar-refractivity contribution in [2.75, 3.05) is 43.0 Å². The van der Waals surface area contributed by atoms with Gasteiger partial charge in [-0.25, -0.2) is 9.97 Å². The number of thiazole rings is 1. The van der Waals surface area contributed by atoms with Crippen LogP contribution in [0.25, 0.3) is 11.3 Å². The van der Waals surface area contributed by atoms with Crippen molar-refractivity contribution in [2.45, 2.75) is 19.8 Å². The summed E-state index contributed by atoms with van der Waals surface area (Å²) < 4.78 is 5.32. The number of rotatable bonds is 8. The van der Waals surface area contributed by atoms with Crippen LogP contribution in [0.1, 0.15) is 23.0 Å². The van der Waals surface area contributed by atoms with Gasteiger partial charge < -0.3 is 24.7 Å². The van der Waals surface area contributed by atoms with E-state index in [0.29, 0.717) is 23.9 Å². The van der Waals surface area contributed by atoms with E-state index < -0.39 is 6.29 Å². The molecule has 4 rings (SSSR count). The van der Waals surface area contributed by atoms with Crippen molar-refractivity contribution < 1.29 is 24.5 Å². The molecule has 35 heavy (non-hydrogen) atoms. The molecule has 0 spiro atoms. The number of benzene rings is 1. The third kappa shape index (κ3) is 6.40. The number of carbonyl (C=O) groups excluding carboxylic acids is 2. The standard InChI is InChI=1S/C24H27N5O5S/c1-16(30)28-8-10-29(11-9-28)18-6-7-20(25-12-18)23(33)27-24-26-21(15-35-24)19-5-3-2-4-17(19)13-34-14-22(31)32/h2-7,12,15,22,31-32H,8-11,13-14H2,1H3,(H,26,27,33). The Kier molecular flexibility index (Phi) is 8.03. The number of ether oxygens (including phenoxy) is 1. The fraction of sp³-hybridized carbons (Fsp3) is 0.333. The Balaban J connectivity index is 1.37. The summed E-state index contributed by atoms with van der Waals surface area (Å²) in [6.07, 6.45) is 0.147. The number of carbonyl (C=O) groups is 2. The number of amides is 2. The van der Waals surface area contributed by atoms with Gasteiger partial charge in [-0.1, -0.05) is 24.3 Å². The van der Waals surface area contributed by atoms with Crippen LogP contribution >= 0.6 is 11.3 Å². The average Bonchev–Trinajstić information content (AvgIpc) is 3.32. The SMILES string of the molecule is CC(=O)N1CCN(c2ccc(C(=O)Nc3nc(-c4ccccc4COCC(O)O)cs3)nc2)CC1. The first-order valence-electron chi connectivity index (χ1n) is 11.2. The zero-order chi connectivity index (χ0) is 24.8. The number of hydrogen-bond donors (Lipinski definition) is 3. The molecule has 0 saturated carbocycles. The average molecular weight is 498 g/mol. The molecule has 1 aliphatic rings. The molecule has 184 valence electrons. The van der Waals surface area contributed by atoms with Gasteiger partial charge in [-0.2, -0.15) is 0 Å². The Morgan fingerprint density at radius 3 is 2.60 bits per heavy atom. The highest BCUT2D eigenvalue weighted by Gasteiger charge is 2.20. The first kappa shape index (κ1) is 24.7. The first-order chi connectivity index (χ1) is 16.9. The molecule has 3 aromatic rings. The Hall–Kier alpha value is -3.38. The fourth-order valence-electron chi connectivity index (χ4n) is 3.77. The molecular formula is C24H27N5O5S. The highest BCUT2D eigenvalue weighted by Crippen LogP contribution is 2.28. The van der Waals surface area contributed by atoms with E-state index >= 15 is 0 Å². The van der Waals surface area contributed by atoms with Crippen LogP contribution in [0.3, 0.4) is 0 Å². The molecule has 3 heterocycles. The molecule has 1 aromatic carbocycles. The Morgan fingerprint density at radius 1 is 1.14 bits per heavy atom. The van der Waals surface area contributed by atoms with Crippen LogP contribution in [-0.4, -0.2) is 76.0 Å². The number of nitrogens with one attached hydrogen (secondary N) is 1. The van der Waals surface area contributed by atoms with Gasteiger partial charge in [-0.05, 0) is 17.7 Å². The summed E-state index contributed by atoms with van der Waals surface area (Å²) in [5, 5.41) is 23.0. The van der Waals surface area contributed by atoms with Crippen molar-refractivity contribution in [3.05, 3.63) is 59.2 Å². The van der Waals surface area contributed by atoms with E-state index in [1.807, 2.05) is 40.6 Å². The minimum Gasteiger partial charge on any atom is -0.371 e. The van der Waals surface area contributed by atoms with E-state index in [1.54, 1.807) is 19.2 Å². The maximum absolute atomic E-state index is 12.7. The van der Waals surface area contributed by atoms with Gasteiger partial charge >= 0.3 is 0 Å². The second-order valence-electron chi connectivity index (χ2n) is 8.04. The van der Waals surface area contributed by atoms with Gasteiger partial charge in [0.05, 0.1) is 30.8 Å². The molecule has 2 amide bonds. The summed E-state index contributed by atoms with van der Waals surface area (Å²) >= 11 is 1.30. The number of anilines is 2. The molecule has 0 radical (unpaired) electrons. The largest absolute Gasteiger partial charge is 0.371 e. The molecule has 0 atom stereocenters. The van der Waals surface area contributed by atoms with Crippen molar-refractivity contribution >= 4 is 34.0 Å². The molecule has 1 saturated heterocycles. The third-order valence-electron chi connectivity index (χ3n) is 5.61. The first-order valence-corrected chi connectivity index (χ1v) is 12.0. The zero-order valence-corrected chi connectivity index (χ0v) is 20.1. The fourth-order valence-corrected chi connectivity index (χ4v) is 4.48. The van der Waals surface area contributed by atoms with Crippen LogP contribution in [0.5, 0.6) is 0 Å². The number of pyridine rings is 1. The molecule has 1 fully saturated rings. The van der Waals surface area contributed by atoms with Crippen LogP contribution in [0.2, 0.25) is 0 Å². The van der Waals surface area contributed by atoms with Crippen molar-refractivity contribution in [3.63, 3.8) is 0 Å². The lowest BCUT2D eigenvalue weighted by molar-refractivity contribution is -0.129. The molecule has 11 heteroatoms. The lowest BCUT2D eigenvalue weighted by atomic mass is 10.1. The van der Waals surface area contributed by atoms with Gasteiger partial charge in [-0.3, -0.25) is 14.9 Å². The normalized spacial score (nSPS) is 13.8. The van der Waals surface area contributed by atoms with E-state index in [1.165, 1.54) is 11.3 Å². The number of aliphatic hydroxyl groups is 2. The Morgan fingerprint density at radius 2 is 1.91 bits per heavy atom. The summed E-state index contributed by atoms with van der Waals surface area (Å²) in [7, 11) is 0. The van der Waals surface area contributed by atoms with Crippen LogP contribution in [0.15, 0.2) is 48.0 Å². The van der Waals surface area contributed by atoms with Crippen molar-refractivity contribution in [1.29, 1.82) is 0 Å². The summed E-state index contributed by atoms with van der Waals surface area (Å²) in [5.41, 5.74) is 3.56. The highest BCUT2D eigenvalue weighted by atomic mass is 32.1. The van der Waals surface area contributed by atoms with Crippen LogP contribution in [0, 0.1) is 0 Å². The zero-order valence-electron chi connectivity index (χ0n) is 19.3. The van der Waals surface area contributed by atoms with E-state index in [4.69, 9.17) is 14.9 Å². The quantitative estimate of drug-likeness (QED) is 0.403. The molecule has 0 unspecified atom stereocenters. The predicted molar refractivity (Wildman–Crippen MR) is 132 cm³/mol. The van der Waals surface area contributed by atoms with Gasteiger partial charge in [0.25, 0.3) is 5.91 Å². The number of aliphatic hydroxyl groups excluding tert-OH is 1. The van der Waals surface area contributed by atoms with Gasteiger partial charge in [0.15, 0.2) is 11.4 Å². The lowest BCUT2D eigenvalue weighted by Gasteiger charge is -2.35. The molecule has 0 aliphatic carbocycles. The minimum atomic E-state index is -1.53. The topological polar surface area (TPSA) is 128 Å². The molecule has 10 nitrogen and oxygen atoms in total. The van der Waals surface area contributed by atoms with Gasteiger partial charge in [0.2, 0.25) is 5.91 Å². The van der Waals surface area contributed by atoms with E-state index in [-0.39, 0.29) is 30.7 Å². The van der Waals surface area contributed by atoms with E-state index in [9.17, 15) is 9.59 Å². The second kappa shape index (κ2) is 11.4. The summed E-state index contributed by atoms with van der Waals surface area (Å²) in [5.74, 6) is -0.272. The second-order valence-corrected chi connectivity index (χ2v) is 8.90. The highest BCUT2D eigenvalue weighted by molar-refractivity contribution is 7.14. The monoisotopic (exact) mass is 497 g/mol. The number of aromatic nitrogens is 2. The van der Waals surface area contributed by atoms with Crippen LogP contribution in [-0.2, 0) is 16.1 Å². The van der Waals surface area contributed by atoms with Crippen molar-refractivity contribution in [2.24, 2.45) is 0 Å². The molecular weight excluding hydrogens is 470 g/mol. The number of hydrogen-bond acceptors (Lipinski definition) is 9. The molecule has 2 aromatic heterocycles. The van der Waals surface area contributed by atoms with Gasteiger partial charge in [0.1, 0.15) is 5.69 Å². The Bertz CT molecular complexity index is 1160. The third-order valence-corrected chi connectivity index (χ3v) is 6.37. The molecule has 1 aliphatic heterocycles. The molecule has 3 N–H and O–H groups in total. The maximum atomic E-state index is 12.7. The lowest BCUT2D eigenvalue weighted by Crippen LogP contribution is -2.48. The number of nitrogens with zero attached hydrogens (tertiary/aromatic N) is 4. The summed E-state index contributed by atoms with van der Waals surface area (Å²) in [6.45, 7) is 4.38. The predicted octanol–water partition coefficient (Wildman–Crippen LogP) is 1.95. The minimum absolute atomic E-state index is 0.0819. The van der Waals surface area contributed by atoms with E-state index in [0.717, 1.165) is 29.9 Å². The Labute approximate surface area is 206 Å². The summed E-state index contributed by atoms with van der Waals surface area (Å²) in [6, 6.07) is 11.1. The van der Waals surface area contributed by atoms with Crippen molar-refractivity contribution in [1.82, 2.24) is 14.9 Å². The van der Waals surface area contributed by atoms with Crippen LogP contribution in [0.4, 0.5) is 10.8 Å². The van der Waals surface area contributed by atoms with Gasteiger partial charge in [-0.15, -0.1) is 11.3 Å². The van der Waals surface area contributed by atoms with Gasteiger partial charge in [0, 0.05) is 44.0 Å². The molecule has 0 bridgehead atoms. The number of piperazine rings is 1. The summed E-state index contributed by atoms with van der Waals surface area (Å²) in [4.78, 5) is 37.0.